The van der Waals surface area contributed by atoms with Crippen molar-refractivity contribution >= 4 is 5.78 Å². The van der Waals surface area contributed by atoms with E-state index in [9.17, 15) is 20.1 Å². The molecular formula is C37H62O4. The van der Waals surface area contributed by atoms with Crippen molar-refractivity contribution in [3.05, 3.63) is 11.6 Å². The van der Waals surface area contributed by atoms with Crippen molar-refractivity contribution in [1.29, 1.82) is 0 Å². The van der Waals surface area contributed by atoms with Crippen LogP contribution in [0.5, 0.6) is 0 Å². The standard InChI is InChI=1S/C37H62O4/c1-19(2)27-15-28(26-13-11-25(12-14-26)23(6)38)21(4)31-29(27)17-35(8)18-36(9)16-20(3)30(24(7)39)34(41)37(36,10)22(5)32(35)33(31)40/h11,19-22,24,26-34,39-41H,12-18H2,1-10H3. The van der Waals surface area contributed by atoms with E-state index in [1.54, 1.807) is 6.92 Å². The molecule has 5 rings (SSSR count). The quantitative estimate of drug-likeness (QED) is 0.331. The van der Waals surface area contributed by atoms with Crippen molar-refractivity contribution in [2.24, 2.45) is 81.3 Å². The lowest BCUT2D eigenvalue weighted by Crippen LogP contribution is -2.70. The first-order valence-corrected chi connectivity index (χ1v) is 17.2. The van der Waals surface area contributed by atoms with Crippen LogP contribution in [0.25, 0.3) is 0 Å². The largest absolute Gasteiger partial charge is 0.393 e. The molecule has 0 bridgehead atoms. The van der Waals surface area contributed by atoms with E-state index in [2.05, 4.69) is 61.5 Å². The molecule has 4 nitrogen and oxygen atoms in total. The molecule has 16 unspecified atom stereocenters. The lowest BCUT2D eigenvalue weighted by Gasteiger charge is -2.72. The molecule has 0 amide bonds. The average molecular weight is 571 g/mol. The Balaban J connectivity index is 1.51. The Morgan fingerprint density at radius 1 is 1.02 bits per heavy atom. The highest BCUT2D eigenvalue weighted by Gasteiger charge is 2.70. The van der Waals surface area contributed by atoms with E-state index in [1.807, 2.05) is 6.92 Å². The van der Waals surface area contributed by atoms with E-state index in [0.717, 1.165) is 37.7 Å². The fourth-order valence-electron chi connectivity index (χ4n) is 13.1. The van der Waals surface area contributed by atoms with Crippen LogP contribution < -0.4 is 0 Å². The maximum atomic E-state index is 12.7. The maximum Gasteiger partial charge on any atom is 0.155 e. The molecule has 0 aromatic rings. The van der Waals surface area contributed by atoms with Gasteiger partial charge in [-0.25, -0.2) is 0 Å². The van der Waals surface area contributed by atoms with Gasteiger partial charge in [-0.1, -0.05) is 61.5 Å². The average Bonchev–Trinajstić information content (AvgIpc) is 2.85. The maximum absolute atomic E-state index is 12.7. The Labute approximate surface area is 251 Å². The van der Waals surface area contributed by atoms with Crippen LogP contribution in [0.4, 0.5) is 0 Å². The summed E-state index contributed by atoms with van der Waals surface area (Å²) in [6, 6.07) is 0. The van der Waals surface area contributed by atoms with Crippen molar-refractivity contribution in [1.82, 2.24) is 0 Å². The van der Waals surface area contributed by atoms with Crippen LogP contribution in [0.3, 0.4) is 0 Å². The summed E-state index contributed by atoms with van der Waals surface area (Å²) < 4.78 is 0. The van der Waals surface area contributed by atoms with Gasteiger partial charge in [0.2, 0.25) is 0 Å². The normalized spacial score (nSPS) is 54.4. The molecule has 16 atom stereocenters. The van der Waals surface area contributed by atoms with E-state index >= 15 is 0 Å². The van der Waals surface area contributed by atoms with E-state index in [1.165, 1.54) is 12.8 Å². The summed E-state index contributed by atoms with van der Waals surface area (Å²) in [7, 11) is 0. The SMILES string of the molecule is CC(=O)C1=CCC(C2CC(C(C)C)C3CC4(C)CC5(C)CC(C)C(C(C)O)C(O)C5(C)C(C)C4C(O)C3C2C)CC1. The predicted octanol–water partition coefficient (Wildman–Crippen LogP) is 7.30. The number of Topliss-reactive ketones (excluding diaryl/α,β-unsaturated/α-hetero) is 1. The fraction of sp³-hybridized carbons (Fsp3) is 0.919. The van der Waals surface area contributed by atoms with Gasteiger partial charge in [0.25, 0.3) is 0 Å². The van der Waals surface area contributed by atoms with Crippen LogP contribution in [-0.4, -0.2) is 39.4 Å². The highest BCUT2D eigenvalue weighted by molar-refractivity contribution is 5.93. The smallest absolute Gasteiger partial charge is 0.155 e. The number of aliphatic hydroxyl groups is 3. The Morgan fingerprint density at radius 3 is 2.22 bits per heavy atom. The lowest BCUT2D eigenvalue weighted by atomic mass is 9.33. The zero-order valence-electron chi connectivity index (χ0n) is 27.9. The molecular weight excluding hydrogens is 508 g/mol. The first kappa shape index (κ1) is 31.7. The predicted molar refractivity (Wildman–Crippen MR) is 166 cm³/mol. The van der Waals surface area contributed by atoms with Gasteiger partial charge < -0.3 is 15.3 Å². The summed E-state index contributed by atoms with van der Waals surface area (Å²) >= 11 is 0. The van der Waals surface area contributed by atoms with Crippen molar-refractivity contribution < 1.29 is 20.1 Å². The van der Waals surface area contributed by atoms with E-state index < -0.39 is 12.2 Å². The molecule has 5 aliphatic carbocycles. The van der Waals surface area contributed by atoms with Crippen LogP contribution in [0.2, 0.25) is 0 Å². The number of aliphatic hydroxyl groups excluding tert-OH is 3. The summed E-state index contributed by atoms with van der Waals surface area (Å²) in [4.78, 5) is 12.0. The third-order valence-electron chi connectivity index (χ3n) is 15.1. The molecule has 234 valence electrons. The van der Waals surface area contributed by atoms with Crippen molar-refractivity contribution in [2.45, 2.75) is 132 Å². The number of allylic oxidation sites excluding steroid dienone is 2. The Bertz CT molecular complexity index is 1030. The third kappa shape index (κ3) is 4.66. The molecule has 0 saturated heterocycles. The zero-order chi connectivity index (χ0) is 30.4. The van der Waals surface area contributed by atoms with E-state index in [4.69, 9.17) is 0 Å². The van der Waals surface area contributed by atoms with Gasteiger partial charge in [-0.3, -0.25) is 4.79 Å². The monoisotopic (exact) mass is 570 g/mol. The molecule has 0 aromatic heterocycles. The van der Waals surface area contributed by atoms with Gasteiger partial charge in [0.15, 0.2) is 5.78 Å². The fourth-order valence-corrected chi connectivity index (χ4v) is 13.1. The van der Waals surface area contributed by atoms with Crippen LogP contribution in [0.1, 0.15) is 114 Å². The molecule has 4 saturated carbocycles. The minimum absolute atomic E-state index is 0.0343. The number of carbonyl (C=O) groups is 1. The van der Waals surface area contributed by atoms with Crippen molar-refractivity contribution in [3.8, 4) is 0 Å². The zero-order valence-corrected chi connectivity index (χ0v) is 27.9. The number of fused-ring (bicyclic) bond motifs is 3. The summed E-state index contributed by atoms with van der Waals surface area (Å²) in [6.07, 6.45) is 8.23. The second-order valence-corrected chi connectivity index (χ2v) is 17.4. The Hall–Kier alpha value is -0.710. The molecule has 5 aliphatic rings. The molecule has 0 aliphatic heterocycles. The number of hydrogen-bond donors (Lipinski definition) is 3. The van der Waals surface area contributed by atoms with E-state index in [0.29, 0.717) is 35.5 Å². The second-order valence-electron chi connectivity index (χ2n) is 17.4. The van der Waals surface area contributed by atoms with Gasteiger partial charge in [-0.15, -0.1) is 0 Å². The minimum atomic E-state index is -0.579. The van der Waals surface area contributed by atoms with Crippen LogP contribution in [0.15, 0.2) is 11.6 Å². The highest BCUT2D eigenvalue weighted by Crippen LogP contribution is 2.73. The number of rotatable bonds is 4. The Kier molecular flexibility index (Phi) is 8.29. The van der Waals surface area contributed by atoms with Crippen molar-refractivity contribution in [3.63, 3.8) is 0 Å². The van der Waals surface area contributed by atoms with Gasteiger partial charge in [-0.05, 0) is 134 Å². The van der Waals surface area contributed by atoms with Gasteiger partial charge in [0.1, 0.15) is 0 Å². The number of carbonyl (C=O) groups excluding carboxylic acids is 1. The van der Waals surface area contributed by atoms with Crippen LogP contribution >= 0.6 is 0 Å². The number of hydrogen-bond acceptors (Lipinski definition) is 4. The minimum Gasteiger partial charge on any atom is -0.393 e. The first-order chi connectivity index (χ1) is 19.0. The van der Waals surface area contributed by atoms with Gasteiger partial charge in [-0.2, -0.15) is 0 Å². The summed E-state index contributed by atoms with van der Waals surface area (Å²) in [5, 5.41) is 35.5. The first-order valence-electron chi connectivity index (χ1n) is 17.2. The second kappa shape index (κ2) is 10.7. The van der Waals surface area contributed by atoms with Gasteiger partial charge in [0.05, 0.1) is 18.3 Å². The molecule has 4 fully saturated rings. The number of ketones is 1. The molecule has 0 spiro atoms. The summed E-state index contributed by atoms with van der Waals surface area (Å²) in [5.74, 6) is 4.28. The molecule has 0 aromatic carbocycles. The highest BCUT2D eigenvalue weighted by atomic mass is 16.3. The third-order valence-corrected chi connectivity index (χ3v) is 15.1. The molecule has 0 heterocycles. The topological polar surface area (TPSA) is 77.8 Å². The van der Waals surface area contributed by atoms with Crippen molar-refractivity contribution in [2.75, 3.05) is 0 Å². The summed E-state index contributed by atoms with van der Waals surface area (Å²) in [6.45, 7) is 22.6. The molecule has 3 N–H and O–H groups in total. The molecule has 41 heavy (non-hydrogen) atoms. The lowest BCUT2D eigenvalue weighted by molar-refractivity contribution is -0.282. The van der Waals surface area contributed by atoms with Gasteiger partial charge in [0, 0.05) is 11.3 Å². The van der Waals surface area contributed by atoms with E-state index in [-0.39, 0.29) is 57.7 Å². The molecule has 0 radical (unpaired) electrons. The Morgan fingerprint density at radius 2 is 1.68 bits per heavy atom. The van der Waals surface area contributed by atoms with Crippen LogP contribution in [0, 0.1) is 81.3 Å². The summed E-state index contributed by atoms with van der Waals surface area (Å²) in [5.41, 5.74) is 0.660. The van der Waals surface area contributed by atoms with Crippen LogP contribution in [-0.2, 0) is 4.79 Å². The molecule has 4 heteroatoms. The van der Waals surface area contributed by atoms with Gasteiger partial charge >= 0.3 is 0 Å².